The molecule has 0 aliphatic rings. The third-order valence-corrected chi connectivity index (χ3v) is 5.46. The van der Waals surface area contributed by atoms with Gasteiger partial charge in [0.25, 0.3) is 5.91 Å². The van der Waals surface area contributed by atoms with E-state index in [1.54, 1.807) is 6.20 Å². The zero-order valence-electron chi connectivity index (χ0n) is 19.9. The molecule has 1 aromatic heterocycles. The number of amides is 2. The molecule has 7 nitrogen and oxygen atoms in total. The molecule has 2 N–H and O–H groups in total. The highest BCUT2D eigenvalue weighted by atomic mass is 16.2. The molecule has 0 fully saturated rings. The van der Waals surface area contributed by atoms with Crippen molar-refractivity contribution in [3.05, 3.63) is 108 Å². The second-order valence-corrected chi connectivity index (χ2v) is 8.62. The molecule has 0 aliphatic carbocycles. The average Bonchev–Trinajstić information content (AvgIpc) is 3.36. The zero-order chi connectivity index (χ0) is 24.6. The van der Waals surface area contributed by atoms with E-state index >= 15 is 0 Å². The Morgan fingerprint density at radius 3 is 2.46 bits per heavy atom. The summed E-state index contributed by atoms with van der Waals surface area (Å²) in [4.78, 5) is 26.9. The Kier molecular flexibility index (Phi) is 7.70. The molecule has 0 saturated carbocycles. The standard InChI is InChI=1S/C28H29N5O2/c1-32(2)20-27(34)31-24-8-5-7-22(17-24)18-29-28(35)26-10-4-3-9-25(26)23-13-11-21(12-14-23)19-33-16-6-15-30-33/h3-17H,18-20H2,1-2H3,(H,29,35)(H,31,34). The largest absolute Gasteiger partial charge is 0.348 e. The normalized spacial score (nSPS) is 10.8. The number of aromatic nitrogens is 2. The summed E-state index contributed by atoms with van der Waals surface area (Å²) in [6, 6.07) is 25.2. The molecule has 178 valence electrons. The van der Waals surface area contributed by atoms with Gasteiger partial charge in [-0.3, -0.25) is 14.3 Å². The Bertz CT molecular complexity index is 1280. The molecule has 2 amide bonds. The van der Waals surface area contributed by atoms with Gasteiger partial charge in [-0.25, -0.2) is 0 Å². The van der Waals surface area contributed by atoms with Crippen LogP contribution < -0.4 is 10.6 Å². The van der Waals surface area contributed by atoms with E-state index in [-0.39, 0.29) is 11.8 Å². The molecule has 3 aromatic carbocycles. The highest BCUT2D eigenvalue weighted by Gasteiger charge is 2.13. The first-order valence-corrected chi connectivity index (χ1v) is 11.5. The second-order valence-electron chi connectivity index (χ2n) is 8.62. The number of anilines is 1. The van der Waals surface area contributed by atoms with E-state index in [4.69, 9.17) is 0 Å². The number of carbonyl (C=O) groups is 2. The minimum atomic E-state index is -0.150. The molecule has 0 radical (unpaired) electrons. The summed E-state index contributed by atoms with van der Waals surface area (Å²) in [5.41, 5.74) is 5.21. The maximum Gasteiger partial charge on any atom is 0.252 e. The molecular weight excluding hydrogens is 438 g/mol. The van der Waals surface area contributed by atoms with Crippen LogP contribution in [0.2, 0.25) is 0 Å². The van der Waals surface area contributed by atoms with Gasteiger partial charge in [0.15, 0.2) is 0 Å². The molecule has 0 aliphatic heterocycles. The van der Waals surface area contributed by atoms with Crippen molar-refractivity contribution in [1.29, 1.82) is 0 Å². The molecule has 0 atom stereocenters. The van der Waals surface area contributed by atoms with E-state index in [1.165, 1.54) is 0 Å². The predicted molar refractivity (Wildman–Crippen MR) is 138 cm³/mol. The maximum atomic E-state index is 13.1. The number of likely N-dealkylation sites (N-methyl/N-ethyl adjacent to an activating group) is 1. The number of hydrogen-bond donors (Lipinski definition) is 2. The number of rotatable bonds is 9. The fraction of sp³-hybridized carbons (Fsp3) is 0.179. The highest BCUT2D eigenvalue weighted by molar-refractivity contribution is 6.00. The minimum Gasteiger partial charge on any atom is -0.348 e. The fourth-order valence-electron chi connectivity index (χ4n) is 3.83. The molecular formula is C28H29N5O2. The lowest BCUT2D eigenvalue weighted by molar-refractivity contribution is -0.116. The first-order chi connectivity index (χ1) is 17.0. The van der Waals surface area contributed by atoms with Crippen molar-refractivity contribution < 1.29 is 9.59 Å². The van der Waals surface area contributed by atoms with E-state index in [0.717, 1.165) is 22.3 Å². The van der Waals surface area contributed by atoms with Gasteiger partial charge in [0, 0.05) is 30.2 Å². The van der Waals surface area contributed by atoms with Crippen LogP contribution in [0.1, 0.15) is 21.5 Å². The Morgan fingerprint density at radius 2 is 1.71 bits per heavy atom. The Labute approximate surface area is 205 Å². The van der Waals surface area contributed by atoms with Crippen molar-refractivity contribution in [1.82, 2.24) is 20.0 Å². The summed E-state index contributed by atoms with van der Waals surface area (Å²) in [7, 11) is 3.69. The number of nitrogens with one attached hydrogen (secondary N) is 2. The molecule has 4 aromatic rings. The van der Waals surface area contributed by atoms with Crippen molar-refractivity contribution >= 4 is 17.5 Å². The quantitative estimate of drug-likeness (QED) is 0.390. The highest BCUT2D eigenvalue weighted by Crippen LogP contribution is 2.24. The molecule has 0 spiro atoms. The van der Waals surface area contributed by atoms with Crippen LogP contribution in [-0.4, -0.2) is 47.1 Å². The van der Waals surface area contributed by atoms with Crippen LogP contribution in [0.25, 0.3) is 11.1 Å². The van der Waals surface area contributed by atoms with Crippen molar-refractivity contribution in [2.75, 3.05) is 26.0 Å². The van der Waals surface area contributed by atoms with Crippen molar-refractivity contribution in [3.8, 4) is 11.1 Å². The summed E-state index contributed by atoms with van der Waals surface area (Å²) in [5, 5.41) is 10.1. The number of hydrogen-bond acceptors (Lipinski definition) is 4. The van der Waals surface area contributed by atoms with Gasteiger partial charge in [0.1, 0.15) is 0 Å². The van der Waals surface area contributed by atoms with Crippen molar-refractivity contribution in [2.45, 2.75) is 13.1 Å². The van der Waals surface area contributed by atoms with Gasteiger partial charge in [0.05, 0.1) is 13.1 Å². The number of nitrogens with zero attached hydrogens (tertiary/aromatic N) is 3. The zero-order valence-corrected chi connectivity index (χ0v) is 19.9. The summed E-state index contributed by atoms with van der Waals surface area (Å²) >= 11 is 0. The summed E-state index contributed by atoms with van der Waals surface area (Å²) in [5.74, 6) is -0.232. The van der Waals surface area contributed by atoms with Crippen LogP contribution in [0.15, 0.2) is 91.3 Å². The Balaban J connectivity index is 1.42. The Hall–Kier alpha value is -4.23. The third kappa shape index (κ3) is 6.65. The molecule has 0 bridgehead atoms. The SMILES string of the molecule is CN(C)CC(=O)Nc1cccc(CNC(=O)c2ccccc2-c2ccc(Cn3cccn3)cc2)c1. The average molecular weight is 468 g/mol. The van der Waals surface area contributed by atoms with E-state index in [9.17, 15) is 9.59 Å². The Morgan fingerprint density at radius 1 is 0.914 bits per heavy atom. The predicted octanol–water partition coefficient (Wildman–Crippen LogP) is 4.03. The summed E-state index contributed by atoms with van der Waals surface area (Å²) in [6.45, 7) is 1.36. The first kappa shape index (κ1) is 23.9. The van der Waals surface area contributed by atoms with Crippen molar-refractivity contribution in [2.24, 2.45) is 0 Å². The van der Waals surface area contributed by atoms with Crippen LogP contribution in [0.4, 0.5) is 5.69 Å². The molecule has 4 rings (SSSR count). The minimum absolute atomic E-state index is 0.0826. The van der Waals surface area contributed by atoms with Gasteiger partial charge in [0.2, 0.25) is 5.91 Å². The second kappa shape index (κ2) is 11.3. The third-order valence-electron chi connectivity index (χ3n) is 5.46. The van der Waals surface area contributed by atoms with E-state index < -0.39 is 0 Å². The lowest BCUT2D eigenvalue weighted by atomic mass is 9.98. The van der Waals surface area contributed by atoms with Crippen LogP contribution in [0, 0.1) is 0 Å². The summed E-state index contributed by atoms with van der Waals surface area (Å²) < 4.78 is 1.87. The lowest BCUT2D eigenvalue weighted by Crippen LogP contribution is -2.27. The van der Waals surface area contributed by atoms with Gasteiger partial charge >= 0.3 is 0 Å². The van der Waals surface area contributed by atoms with Gasteiger partial charge in [-0.15, -0.1) is 0 Å². The fourth-order valence-corrected chi connectivity index (χ4v) is 3.83. The maximum absolute atomic E-state index is 13.1. The number of carbonyl (C=O) groups excluding carboxylic acids is 2. The lowest BCUT2D eigenvalue weighted by Gasteiger charge is -2.13. The van der Waals surface area contributed by atoms with Gasteiger partial charge in [-0.2, -0.15) is 5.10 Å². The molecule has 1 heterocycles. The number of benzene rings is 3. The monoisotopic (exact) mass is 467 g/mol. The van der Waals surface area contributed by atoms with Crippen LogP contribution in [-0.2, 0) is 17.9 Å². The van der Waals surface area contributed by atoms with E-state index in [1.807, 2.05) is 96.6 Å². The van der Waals surface area contributed by atoms with Crippen LogP contribution in [0.3, 0.4) is 0 Å². The van der Waals surface area contributed by atoms with Gasteiger partial charge in [-0.1, -0.05) is 54.6 Å². The van der Waals surface area contributed by atoms with E-state index in [2.05, 4.69) is 27.9 Å². The molecule has 0 unspecified atom stereocenters. The van der Waals surface area contributed by atoms with Gasteiger partial charge < -0.3 is 15.5 Å². The molecule has 0 saturated heterocycles. The smallest absolute Gasteiger partial charge is 0.252 e. The van der Waals surface area contributed by atoms with Crippen LogP contribution >= 0.6 is 0 Å². The topological polar surface area (TPSA) is 79.3 Å². The molecule has 7 heteroatoms. The van der Waals surface area contributed by atoms with Crippen LogP contribution in [0.5, 0.6) is 0 Å². The van der Waals surface area contributed by atoms with Gasteiger partial charge in [-0.05, 0) is 60.6 Å². The van der Waals surface area contributed by atoms with Crippen molar-refractivity contribution in [3.63, 3.8) is 0 Å². The molecule has 35 heavy (non-hydrogen) atoms. The first-order valence-electron chi connectivity index (χ1n) is 11.5. The van der Waals surface area contributed by atoms with E-state index in [0.29, 0.717) is 30.9 Å². The summed E-state index contributed by atoms with van der Waals surface area (Å²) in [6.07, 6.45) is 3.70.